The Hall–Kier alpha value is -2.79. The van der Waals surface area contributed by atoms with Crippen LogP contribution in [0.25, 0.3) is 0 Å². The van der Waals surface area contributed by atoms with Gasteiger partial charge in [-0.25, -0.2) is 4.39 Å². The van der Waals surface area contributed by atoms with Crippen LogP contribution in [0.3, 0.4) is 0 Å². The van der Waals surface area contributed by atoms with Gasteiger partial charge in [0, 0.05) is 18.0 Å². The molecule has 0 aliphatic heterocycles. The number of nitrogens with one attached hydrogen (secondary N) is 1. The van der Waals surface area contributed by atoms with Gasteiger partial charge in [-0.15, -0.1) is 28.5 Å². The van der Waals surface area contributed by atoms with Crippen LogP contribution in [0, 0.1) is 5.82 Å². The Morgan fingerprint density at radius 2 is 1.88 bits per heavy atom. The van der Waals surface area contributed by atoms with Gasteiger partial charge in [0.15, 0.2) is 5.16 Å². The number of nitrogens with zero attached hydrogens (tertiary/aromatic N) is 3. The van der Waals surface area contributed by atoms with Gasteiger partial charge in [-0.05, 0) is 35.9 Å². The molecule has 3 aromatic rings. The number of carbonyl (C=O) groups excluding carboxylic acids is 1. The monoisotopic (exact) mass is 496 g/mol. The molecule has 11 heteroatoms. The molecule has 0 radical (unpaired) electrons. The summed E-state index contributed by atoms with van der Waals surface area (Å²) in [6.07, 6.45) is -2.80. The lowest BCUT2D eigenvalue weighted by Gasteiger charge is -2.10. The van der Waals surface area contributed by atoms with Crippen molar-refractivity contribution in [2.45, 2.75) is 29.4 Å². The third kappa shape index (κ3) is 7.36. The number of benzene rings is 2. The van der Waals surface area contributed by atoms with Gasteiger partial charge in [0.05, 0.1) is 17.1 Å². The fraction of sp³-hybridized carbons (Fsp3) is 0.227. The maximum Gasteiger partial charge on any atom is 0.416 e. The van der Waals surface area contributed by atoms with Crippen LogP contribution in [0.4, 0.5) is 23.2 Å². The van der Waals surface area contributed by atoms with Crippen molar-refractivity contribution in [1.82, 2.24) is 14.8 Å². The van der Waals surface area contributed by atoms with Crippen molar-refractivity contribution in [2.75, 3.05) is 11.1 Å². The van der Waals surface area contributed by atoms with E-state index in [0.29, 0.717) is 29.0 Å². The van der Waals surface area contributed by atoms with Crippen LogP contribution in [0.2, 0.25) is 0 Å². The van der Waals surface area contributed by atoms with Crippen LogP contribution >= 0.6 is 23.5 Å². The third-order valence-electron chi connectivity index (χ3n) is 4.32. The molecule has 3 rings (SSSR count). The summed E-state index contributed by atoms with van der Waals surface area (Å²) in [4.78, 5) is 12.3. The van der Waals surface area contributed by atoms with Gasteiger partial charge < -0.3 is 9.88 Å². The second-order valence-corrected chi connectivity index (χ2v) is 8.76. The molecule has 0 aliphatic carbocycles. The lowest BCUT2D eigenvalue weighted by Crippen LogP contribution is -2.15. The number of amides is 1. The molecule has 1 aromatic heterocycles. The Morgan fingerprint density at radius 3 is 2.58 bits per heavy atom. The van der Waals surface area contributed by atoms with E-state index < -0.39 is 17.6 Å². The molecule has 0 bridgehead atoms. The predicted molar refractivity (Wildman–Crippen MR) is 122 cm³/mol. The molecule has 2 aromatic carbocycles. The van der Waals surface area contributed by atoms with E-state index in [1.54, 1.807) is 30.0 Å². The minimum atomic E-state index is -4.48. The minimum Gasteiger partial charge on any atom is -0.325 e. The van der Waals surface area contributed by atoms with E-state index in [2.05, 4.69) is 22.1 Å². The summed E-state index contributed by atoms with van der Waals surface area (Å²) in [5.41, 5.74) is 0.222. The average molecular weight is 497 g/mol. The van der Waals surface area contributed by atoms with Gasteiger partial charge in [0.2, 0.25) is 5.91 Å². The summed E-state index contributed by atoms with van der Waals surface area (Å²) in [6, 6.07) is 10.7. The maximum absolute atomic E-state index is 13.0. The Bertz CT molecular complexity index is 1100. The fourth-order valence-electron chi connectivity index (χ4n) is 2.79. The van der Waals surface area contributed by atoms with E-state index in [9.17, 15) is 22.4 Å². The van der Waals surface area contributed by atoms with Crippen molar-refractivity contribution < 1.29 is 22.4 Å². The van der Waals surface area contributed by atoms with Crippen molar-refractivity contribution in [3.05, 3.63) is 84.0 Å². The maximum atomic E-state index is 13.0. The Balaban J connectivity index is 1.57. The summed E-state index contributed by atoms with van der Waals surface area (Å²) in [6.45, 7) is 4.18. The molecule has 1 amide bonds. The van der Waals surface area contributed by atoms with Crippen molar-refractivity contribution in [2.24, 2.45) is 0 Å². The number of aromatic nitrogens is 3. The van der Waals surface area contributed by atoms with Crippen LogP contribution in [0.5, 0.6) is 0 Å². The molecule has 0 atom stereocenters. The molecule has 0 spiro atoms. The molecular weight excluding hydrogens is 476 g/mol. The van der Waals surface area contributed by atoms with Crippen LogP contribution in [-0.4, -0.2) is 26.4 Å². The zero-order valence-electron chi connectivity index (χ0n) is 17.3. The summed E-state index contributed by atoms with van der Waals surface area (Å²) in [5, 5.41) is 11.3. The number of rotatable bonds is 10. The van der Waals surface area contributed by atoms with E-state index in [-0.39, 0.29) is 17.3 Å². The zero-order chi connectivity index (χ0) is 23.8. The average Bonchev–Trinajstić information content (AvgIpc) is 3.15. The van der Waals surface area contributed by atoms with E-state index in [4.69, 9.17) is 0 Å². The first kappa shape index (κ1) is 24.8. The molecule has 1 heterocycles. The molecule has 0 fully saturated rings. The van der Waals surface area contributed by atoms with Crippen molar-refractivity contribution in [3.8, 4) is 0 Å². The van der Waals surface area contributed by atoms with Gasteiger partial charge in [0.1, 0.15) is 11.6 Å². The highest BCUT2D eigenvalue weighted by atomic mass is 32.2. The highest BCUT2D eigenvalue weighted by Gasteiger charge is 2.30. The molecule has 0 unspecified atom stereocenters. The first-order valence-electron chi connectivity index (χ1n) is 9.71. The van der Waals surface area contributed by atoms with Crippen molar-refractivity contribution in [1.29, 1.82) is 0 Å². The zero-order valence-corrected chi connectivity index (χ0v) is 18.9. The smallest absolute Gasteiger partial charge is 0.325 e. The second kappa shape index (κ2) is 11.4. The second-order valence-electron chi connectivity index (χ2n) is 6.83. The van der Waals surface area contributed by atoms with Crippen molar-refractivity contribution >= 4 is 35.1 Å². The van der Waals surface area contributed by atoms with Crippen LogP contribution in [0.1, 0.15) is 17.0 Å². The first-order valence-corrected chi connectivity index (χ1v) is 11.9. The normalized spacial score (nSPS) is 11.4. The molecule has 0 aliphatic rings. The van der Waals surface area contributed by atoms with Gasteiger partial charge in [0.25, 0.3) is 0 Å². The van der Waals surface area contributed by atoms with Gasteiger partial charge in [-0.1, -0.05) is 36.0 Å². The highest BCUT2D eigenvalue weighted by Crippen LogP contribution is 2.30. The SMILES string of the molecule is C=CCn1c(CSCc2ccc(F)cc2)nnc1SCC(=O)Nc1cccc(C(F)(F)F)c1. The largest absolute Gasteiger partial charge is 0.416 e. The topological polar surface area (TPSA) is 59.8 Å². The molecular formula is C22H20F4N4OS2. The summed E-state index contributed by atoms with van der Waals surface area (Å²) < 4.78 is 53.3. The Labute approximate surface area is 196 Å². The van der Waals surface area contributed by atoms with Gasteiger partial charge >= 0.3 is 6.18 Å². The molecule has 174 valence electrons. The number of alkyl halides is 3. The Kier molecular flexibility index (Phi) is 8.56. The molecule has 1 N–H and O–H groups in total. The quantitative estimate of drug-likeness (QED) is 0.219. The number of thioether (sulfide) groups is 2. The predicted octanol–water partition coefficient (Wildman–Crippen LogP) is 5.79. The number of halogens is 4. The molecule has 33 heavy (non-hydrogen) atoms. The highest BCUT2D eigenvalue weighted by molar-refractivity contribution is 7.99. The van der Waals surface area contributed by atoms with E-state index in [0.717, 1.165) is 29.5 Å². The summed E-state index contributed by atoms with van der Waals surface area (Å²) in [5.74, 6) is 1.13. The fourth-order valence-corrected chi connectivity index (χ4v) is 4.48. The number of allylic oxidation sites excluding steroid dienone is 1. The van der Waals surface area contributed by atoms with E-state index in [1.165, 1.54) is 24.3 Å². The van der Waals surface area contributed by atoms with Crippen LogP contribution in [-0.2, 0) is 29.0 Å². The first-order chi connectivity index (χ1) is 15.8. The van der Waals surface area contributed by atoms with Crippen molar-refractivity contribution in [3.63, 3.8) is 0 Å². The molecule has 0 saturated heterocycles. The molecule has 5 nitrogen and oxygen atoms in total. The standard InChI is InChI=1S/C22H20F4N4OS2/c1-2-10-30-19(13-32-12-15-6-8-17(23)9-7-15)28-29-21(30)33-14-20(31)27-18-5-3-4-16(11-18)22(24,25)26/h2-9,11H,1,10,12-14H2,(H,27,31). The van der Waals surface area contributed by atoms with Crippen LogP contribution < -0.4 is 5.32 Å². The Morgan fingerprint density at radius 1 is 1.12 bits per heavy atom. The third-order valence-corrected chi connectivity index (χ3v) is 6.29. The number of carbonyl (C=O) groups is 1. The lowest BCUT2D eigenvalue weighted by atomic mass is 10.2. The number of hydrogen-bond donors (Lipinski definition) is 1. The number of hydrogen-bond acceptors (Lipinski definition) is 5. The van der Waals surface area contributed by atoms with Crippen LogP contribution in [0.15, 0.2) is 66.3 Å². The number of anilines is 1. The lowest BCUT2D eigenvalue weighted by molar-refractivity contribution is -0.137. The summed E-state index contributed by atoms with van der Waals surface area (Å²) >= 11 is 2.72. The summed E-state index contributed by atoms with van der Waals surface area (Å²) in [7, 11) is 0. The van der Waals surface area contributed by atoms with Gasteiger partial charge in [-0.3, -0.25) is 4.79 Å². The molecule has 0 saturated carbocycles. The van der Waals surface area contributed by atoms with Gasteiger partial charge in [-0.2, -0.15) is 13.2 Å². The van der Waals surface area contributed by atoms with E-state index in [1.807, 2.05) is 4.57 Å². The van der Waals surface area contributed by atoms with E-state index >= 15 is 0 Å². The minimum absolute atomic E-state index is 0.0474.